The second kappa shape index (κ2) is 13.8. The standard InChI is InChI=1S/C20H35N5O.HI/c1-7-21-20(22-11-12-25(15(2)3)16(4)5)23-14-18-9-8-10-19(13-18)24-17(6)26;/h8-10,13,15-16H,7,11-12,14H2,1-6H3,(H,24,26)(H2,21,22,23);1H. The van der Waals surface area contributed by atoms with Crippen molar-refractivity contribution < 1.29 is 4.79 Å². The lowest BCUT2D eigenvalue weighted by atomic mass is 10.2. The van der Waals surface area contributed by atoms with E-state index in [1.165, 1.54) is 6.92 Å². The number of carbonyl (C=O) groups excluding carboxylic acids is 1. The van der Waals surface area contributed by atoms with Crippen molar-refractivity contribution in [3.8, 4) is 0 Å². The molecule has 6 nitrogen and oxygen atoms in total. The van der Waals surface area contributed by atoms with E-state index in [2.05, 4.69) is 60.5 Å². The molecule has 1 amide bonds. The highest BCUT2D eigenvalue weighted by Crippen LogP contribution is 2.11. The second-order valence-electron chi connectivity index (χ2n) is 6.93. The molecule has 0 aliphatic rings. The summed E-state index contributed by atoms with van der Waals surface area (Å²) in [6, 6.07) is 8.82. The van der Waals surface area contributed by atoms with Crippen molar-refractivity contribution in [2.75, 3.05) is 25.0 Å². The number of hydrogen-bond acceptors (Lipinski definition) is 3. The van der Waals surface area contributed by atoms with Crippen molar-refractivity contribution in [2.45, 2.75) is 60.2 Å². The second-order valence-corrected chi connectivity index (χ2v) is 6.93. The van der Waals surface area contributed by atoms with Gasteiger partial charge in [-0.25, -0.2) is 4.99 Å². The number of rotatable bonds is 9. The van der Waals surface area contributed by atoms with E-state index in [-0.39, 0.29) is 29.9 Å². The van der Waals surface area contributed by atoms with E-state index >= 15 is 0 Å². The minimum Gasteiger partial charge on any atom is -0.357 e. The Balaban J connectivity index is 0.00000676. The molecule has 1 aromatic rings. The summed E-state index contributed by atoms with van der Waals surface area (Å²) in [7, 11) is 0. The first kappa shape index (κ1) is 25.6. The molecule has 1 rings (SSSR count). The van der Waals surface area contributed by atoms with Gasteiger partial charge in [0, 0.05) is 44.3 Å². The summed E-state index contributed by atoms with van der Waals surface area (Å²) in [5.74, 6) is 0.741. The van der Waals surface area contributed by atoms with E-state index in [1.807, 2.05) is 24.3 Å². The van der Waals surface area contributed by atoms with Crippen LogP contribution in [-0.2, 0) is 11.3 Å². The summed E-state index contributed by atoms with van der Waals surface area (Å²) in [4.78, 5) is 18.3. The Labute approximate surface area is 181 Å². The molecule has 27 heavy (non-hydrogen) atoms. The lowest BCUT2D eigenvalue weighted by molar-refractivity contribution is -0.114. The van der Waals surface area contributed by atoms with Gasteiger partial charge in [-0.05, 0) is 52.3 Å². The van der Waals surface area contributed by atoms with Gasteiger partial charge in [0.15, 0.2) is 5.96 Å². The van der Waals surface area contributed by atoms with Crippen LogP contribution in [0.1, 0.15) is 47.1 Å². The Bertz CT molecular complexity index is 581. The van der Waals surface area contributed by atoms with Crippen LogP contribution >= 0.6 is 24.0 Å². The van der Waals surface area contributed by atoms with Crippen molar-refractivity contribution in [3.63, 3.8) is 0 Å². The van der Waals surface area contributed by atoms with Crippen LogP contribution in [0.15, 0.2) is 29.3 Å². The van der Waals surface area contributed by atoms with Crippen molar-refractivity contribution in [2.24, 2.45) is 4.99 Å². The van der Waals surface area contributed by atoms with Crippen LogP contribution in [0.5, 0.6) is 0 Å². The van der Waals surface area contributed by atoms with E-state index in [0.29, 0.717) is 18.6 Å². The van der Waals surface area contributed by atoms with Crippen molar-refractivity contribution in [1.82, 2.24) is 15.5 Å². The van der Waals surface area contributed by atoms with Crippen LogP contribution in [0, 0.1) is 0 Å². The zero-order valence-corrected chi connectivity index (χ0v) is 19.8. The number of anilines is 1. The molecular formula is C20H36IN5O. The lowest BCUT2D eigenvalue weighted by Gasteiger charge is -2.30. The van der Waals surface area contributed by atoms with Gasteiger partial charge in [-0.3, -0.25) is 9.69 Å². The molecule has 7 heteroatoms. The predicted molar refractivity (Wildman–Crippen MR) is 126 cm³/mol. The number of amides is 1. The van der Waals surface area contributed by atoms with Crippen molar-refractivity contribution in [3.05, 3.63) is 29.8 Å². The molecule has 0 fully saturated rings. The Kier molecular flexibility index (Phi) is 13.1. The van der Waals surface area contributed by atoms with Crippen LogP contribution in [0.2, 0.25) is 0 Å². The SMILES string of the molecule is CCNC(=NCc1cccc(NC(C)=O)c1)NCCN(C(C)C)C(C)C.I. The molecule has 0 heterocycles. The summed E-state index contributed by atoms with van der Waals surface area (Å²) in [5, 5.41) is 9.49. The molecule has 3 N–H and O–H groups in total. The maximum absolute atomic E-state index is 11.2. The Morgan fingerprint density at radius 1 is 1.15 bits per heavy atom. The Hall–Kier alpha value is -1.35. The van der Waals surface area contributed by atoms with E-state index < -0.39 is 0 Å². The third kappa shape index (κ3) is 10.5. The van der Waals surface area contributed by atoms with Gasteiger partial charge < -0.3 is 16.0 Å². The highest BCUT2D eigenvalue weighted by Gasteiger charge is 2.12. The number of hydrogen-bond donors (Lipinski definition) is 3. The van der Waals surface area contributed by atoms with E-state index in [4.69, 9.17) is 0 Å². The topological polar surface area (TPSA) is 68.8 Å². The van der Waals surface area contributed by atoms with Crippen molar-refractivity contribution in [1.29, 1.82) is 0 Å². The number of nitrogens with one attached hydrogen (secondary N) is 3. The summed E-state index contributed by atoms with van der Waals surface area (Å²) in [5.41, 5.74) is 1.85. The monoisotopic (exact) mass is 489 g/mol. The molecule has 0 saturated heterocycles. The van der Waals surface area contributed by atoms with E-state index in [1.54, 1.807) is 0 Å². The van der Waals surface area contributed by atoms with E-state index in [9.17, 15) is 4.79 Å². The van der Waals surface area contributed by atoms with Gasteiger partial charge in [0.05, 0.1) is 6.54 Å². The fourth-order valence-electron chi connectivity index (χ4n) is 2.88. The Morgan fingerprint density at radius 2 is 1.81 bits per heavy atom. The fraction of sp³-hybridized carbons (Fsp3) is 0.600. The first-order valence-electron chi connectivity index (χ1n) is 9.48. The van der Waals surface area contributed by atoms with Crippen LogP contribution in [0.25, 0.3) is 0 Å². The summed E-state index contributed by atoms with van der Waals surface area (Å²) >= 11 is 0. The summed E-state index contributed by atoms with van der Waals surface area (Å²) < 4.78 is 0. The molecular weight excluding hydrogens is 453 g/mol. The van der Waals surface area contributed by atoms with Gasteiger partial charge in [0.25, 0.3) is 0 Å². The molecule has 0 saturated carbocycles. The number of carbonyl (C=O) groups is 1. The summed E-state index contributed by atoms with van der Waals surface area (Å²) in [6.45, 7) is 15.6. The van der Waals surface area contributed by atoms with Crippen LogP contribution in [-0.4, -0.2) is 48.5 Å². The Morgan fingerprint density at radius 3 is 2.37 bits per heavy atom. The first-order chi connectivity index (χ1) is 12.3. The van der Waals surface area contributed by atoms with Crippen LogP contribution in [0.4, 0.5) is 5.69 Å². The van der Waals surface area contributed by atoms with E-state index in [0.717, 1.165) is 36.8 Å². The maximum Gasteiger partial charge on any atom is 0.221 e. The molecule has 0 spiro atoms. The van der Waals surface area contributed by atoms with Gasteiger partial charge in [0.1, 0.15) is 0 Å². The highest BCUT2D eigenvalue weighted by atomic mass is 127. The molecule has 0 aromatic heterocycles. The minimum atomic E-state index is -0.0690. The zero-order chi connectivity index (χ0) is 19.5. The number of benzene rings is 1. The number of guanidine groups is 1. The molecule has 1 aromatic carbocycles. The average molecular weight is 489 g/mol. The number of halogens is 1. The predicted octanol–water partition coefficient (Wildman–Crippen LogP) is 3.44. The molecule has 0 aliphatic heterocycles. The molecule has 0 unspecified atom stereocenters. The van der Waals surface area contributed by atoms with Crippen molar-refractivity contribution >= 4 is 41.5 Å². The van der Waals surface area contributed by atoms with Gasteiger partial charge in [-0.2, -0.15) is 0 Å². The van der Waals surface area contributed by atoms with Gasteiger partial charge in [0.2, 0.25) is 5.91 Å². The molecule has 0 bridgehead atoms. The molecule has 0 atom stereocenters. The van der Waals surface area contributed by atoms with Gasteiger partial charge in [-0.1, -0.05) is 12.1 Å². The number of aliphatic imine (C=N–C) groups is 1. The third-order valence-electron chi connectivity index (χ3n) is 4.00. The van der Waals surface area contributed by atoms with Crippen LogP contribution < -0.4 is 16.0 Å². The van der Waals surface area contributed by atoms with Crippen LogP contribution in [0.3, 0.4) is 0 Å². The molecule has 0 radical (unpaired) electrons. The zero-order valence-electron chi connectivity index (χ0n) is 17.5. The molecule has 0 aliphatic carbocycles. The minimum absolute atomic E-state index is 0. The average Bonchev–Trinajstić information content (AvgIpc) is 2.55. The largest absolute Gasteiger partial charge is 0.357 e. The smallest absolute Gasteiger partial charge is 0.221 e. The first-order valence-corrected chi connectivity index (χ1v) is 9.48. The van der Waals surface area contributed by atoms with Gasteiger partial charge >= 0.3 is 0 Å². The number of nitrogens with zero attached hydrogens (tertiary/aromatic N) is 2. The molecule has 154 valence electrons. The lowest BCUT2D eigenvalue weighted by Crippen LogP contribution is -2.45. The highest BCUT2D eigenvalue weighted by molar-refractivity contribution is 14.0. The fourth-order valence-corrected chi connectivity index (χ4v) is 2.88. The maximum atomic E-state index is 11.2. The third-order valence-corrected chi connectivity index (χ3v) is 4.00. The summed E-state index contributed by atoms with van der Waals surface area (Å²) in [6.07, 6.45) is 0. The van der Waals surface area contributed by atoms with Gasteiger partial charge in [-0.15, -0.1) is 24.0 Å². The normalized spacial score (nSPS) is 11.5. The quantitative estimate of drug-likeness (QED) is 0.283.